The maximum atomic E-state index is 13.4. The van der Waals surface area contributed by atoms with E-state index in [-0.39, 0.29) is 11.9 Å². The molecule has 0 spiro atoms. The van der Waals surface area contributed by atoms with Crippen molar-refractivity contribution in [1.82, 2.24) is 10.3 Å². The molecule has 0 aliphatic rings. The van der Waals surface area contributed by atoms with Gasteiger partial charge in [-0.05, 0) is 50.1 Å². The maximum Gasteiger partial charge on any atom is 0.123 e. The van der Waals surface area contributed by atoms with E-state index in [1.165, 1.54) is 6.07 Å². The molecule has 2 nitrogen and oxygen atoms in total. The van der Waals surface area contributed by atoms with Crippen molar-refractivity contribution >= 4 is 27.3 Å². The zero-order chi connectivity index (χ0) is 15.2. The van der Waals surface area contributed by atoms with Gasteiger partial charge in [0.1, 0.15) is 5.82 Å². The van der Waals surface area contributed by atoms with Crippen LogP contribution < -0.4 is 5.32 Å². The van der Waals surface area contributed by atoms with Crippen molar-refractivity contribution in [2.75, 3.05) is 6.54 Å². The number of nitrogens with one attached hydrogen (secondary N) is 1. The summed E-state index contributed by atoms with van der Waals surface area (Å²) in [6.07, 6.45) is 2.74. The summed E-state index contributed by atoms with van der Waals surface area (Å²) < 4.78 is 14.4. The fourth-order valence-electron chi connectivity index (χ4n) is 2.28. The molecule has 0 fully saturated rings. The van der Waals surface area contributed by atoms with Gasteiger partial charge in [0.05, 0.1) is 10.7 Å². The third-order valence-electron chi connectivity index (χ3n) is 3.28. The lowest BCUT2D eigenvalue weighted by Gasteiger charge is -2.18. The van der Waals surface area contributed by atoms with Gasteiger partial charge in [0, 0.05) is 22.3 Å². The van der Waals surface area contributed by atoms with Gasteiger partial charge < -0.3 is 5.32 Å². The Kier molecular flexibility index (Phi) is 6.33. The van der Waals surface area contributed by atoms with Gasteiger partial charge in [-0.3, -0.25) is 0 Å². The molecule has 1 aromatic heterocycles. The highest BCUT2D eigenvalue weighted by Gasteiger charge is 2.14. The zero-order valence-electron chi connectivity index (χ0n) is 12.3. The molecule has 1 heterocycles. The van der Waals surface area contributed by atoms with Crippen LogP contribution in [0.1, 0.15) is 29.6 Å². The van der Waals surface area contributed by atoms with Crippen molar-refractivity contribution in [2.45, 2.75) is 39.2 Å². The summed E-state index contributed by atoms with van der Waals surface area (Å²) in [5.41, 5.74) is 2.11. The van der Waals surface area contributed by atoms with Crippen molar-refractivity contribution in [3.8, 4) is 0 Å². The Bertz CT molecular complexity index is 585. The number of aryl methyl sites for hydroxylation is 1. The van der Waals surface area contributed by atoms with E-state index >= 15 is 0 Å². The standard InChI is InChI=1S/C16H20BrFN2S/c1-3-6-19-14(9-15-10-21-11(2)20-15)8-12-7-13(18)4-5-16(12)17/h4-5,7,10,14,19H,3,6,8-9H2,1-2H3. The fraction of sp³-hybridized carbons (Fsp3) is 0.438. The third kappa shape index (κ3) is 5.16. The number of hydrogen-bond acceptors (Lipinski definition) is 3. The SMILES string of the molecule is CCCNC(Cc1csc(C)n1)Cc1cc(F)ccc1Br. The van der Waals surface area contributed by atoms with Gasteiger partial charge >= 0.3 is 0 Å². The van der Waals surface area contributed by atoms with Gasteiger partial charge in [0.2, 0.25) is 0 Å². The van der Waals surface area contributed by atoms with Crippen LogP contribution in [0.2, 0.25) is 0 Å². The van der Waals surface area contributed by atoms with Crippen LogP contribution in [0.4, 0.5) is 4.39 Å². The van der Waals surface area contributed by atoms with E-state index in [4.69, 9.17) is 0 Å². The first-order chi connectivity index (χ1) is 10.1. The van der Waals surface area contributed by atoms with Crippen molar-refractivity contribution in [3.63, 3.8) is 0 Å². The molecule has 1 atom stereocenters. The predicted molar refractivity (Wildman–Crippen MR) is 90.4 cm³/mol. The zero-order valence-corrected chi connectivity index (χ0v) is 14.7. The van der Waals surface area contributed by atoms with Gasteiger partial charge in [0.25, 0.3) is 0 Å². The number of benzene rings is 1. The minimum absolute atomic E-state index is 0.188. The van der Waals surface area contributed by atoms with Gasteiger partial charge in [-0.15, -0.1) is 11.3 Å². The molecule has 2 rings (SSSR count). The Balaban J connectivity index is 2.09. The Morgan fingerprint density at radius 3 is 2.86 bits per heavy atom. The lowest BCUT2D eigenvalue weighted by atomic mass is 10.0. The summed E-state index contributed by atoms with van der Waals surface area (Å²) in [6, 6.07) is 5.13. The van der Waals surface area contributed by atoms with Crippen LogP contribution in [0.3, 0.4) is 0 Å². The lowest BCUT2D eigenvalue weighted by Crippen LogP contribution is -2.34. The molecule has 114 valence electrons. The summed E-state index contributed by atoms with van der Waals surface area (Å²) in [5, 5.41) is 6.74. The number of aromatic nitrogens is 1. The van der Waals surface area contributed by atoms with Crippen LogP contribution in [0.15, 0.2) is 28.1 Å². The molecule has 0 aliphatic heterocycles. The molecule has 0 bridgehead atoms. The topological polar surface area (TPSA) is 24.9 Å². The van der Waals surface area contributed by atoms with Crippen LogP contribution in [0.25, 0.3) is 0 Å². The molecule has 0 saturated heterocycles. The average Bonchev–Trinajstić information content (AvgIpc) is 2.85. The normalized spacial score (nSPS) is 12.6. The molecule has 1 unspecified atom stereocenters. The molecule has 2 aromatic rings. The summed E-state index contributed by atoms with van der Waals surface area (Å²) in [5.74, 6) is -0.188. The summed E-state index contributed by atoms with van der Waals surface area (Å²) in [6.45, 7) is 5.13. The van der Waals surface area contributed by atoms with Gasteiger partial charge in [0.15, 0.2) is 0 Å². The van der Waals surface area contributed by atoms with Crippen molar-refractivity contribution in [2.24, 2.45) is 0 Å². The van der Waals surface area contributed by atoms with Crippen molar-refractivity contribution in [1.29, 1.82) is 0 Å². The minimum Gasteiger partial charge on any atom is -0.313 e. The average molecular weight is 371 g/mol. The summed E-state index contributed by atoms with van der Waals surface area (Å²) in [7, 11) is 0. The number of halogens is 2. The Morgan fingerprint density at radius 2 is 2.19 bits per heavy atom. The van der Waals surface area contributed by atoms with Crippen LogP contribution in [-0.2, 0) is 12.8 Å². The molecule has 0 saturated carbocycles. The molecule has 21 heavy (non-hydrogen) atoms. The second kappa shape index (κ2) is 8.01. The fourth-order valence-corrected chi connectivity index (χ4v) is 3.32. The first-order valence-corrected chi connectivity index (χ1v) is 8.84. The predicted octanol–water partition coefficient (Wildman–Crippen LogP) is 4.51. The molecule has 0 amide bonds. The lowest BCUT2D eigenvalue weighted by molar-refractivity contribution is 0.499. The first-order valence-electron chi connectivity index (χ1n) is 7.16. The summed E-state index contributed by atoms with van der Waals surface area (Å²) in [4.78, 5) is 4.53. The third-order valence-corrected chi connectivity index (χ3v) is 4.88. The molecular weight excluding hydrogens is 351 g/mol. The van der Waals surface area contributed by atoms with Crippen molar-refractivity contribution in [3.05, 3.63) is 50.1 Å². The second-order valence-corrected chi connectivity index (χ2v) is 7.07. The number of hydrogen-bond donors (Lipinski definition) is 1. The highest BCUT2D eigenvalue weighted by molar-refractivity contribution is 9.10. The van der Waals surface area contributed by atoms with Crippen LogP contribution in [-0.4, -0.2) is 17.6 Å². The van der Waals surface area contributed by atoms with Gasteiger partial charge in [-0.25, -0.2) is 9.37 Å². The van der Waals surface area contributed by atoms with E-state index in [1.807, 2.05) is 6.92 Å². The highest BCUT2D eigenvalue weighted by atomic mass is 79.9. The van der Waals surface area contributed by atoms with E-state index in [9.17, 15) is 4.39 Å². The molecule has 1 aromatic carbocycles. The second-order valence-electron chi connectivity index (χ2n) is 5.15. The number of rotatable bonds is 7. The molecule has 5 heteroatoms. The smallest absolute Gasteiger partial charge is 0.123 e. The van der Waals surface area contributed by atoms with Crippen LogP contribution in [0, 0.1) is 12.7 Å². The maximum absolute atomic E-state index is 13.4. The molecule has 0 radical (unpaired) electrons. The summed E-state index contributed by atoms with van der Waals surface area (Å²) >= 11 is 5.18. The van der Waals surface area contributed by atoms with E-state index in [1.54, 1.807) is 23.5 Å². The molecular formula is C16H20BrFN2S. The van der Waals surface area contributed by atoms with E-state index in [2.05, 4.69) is 38.5 Å². The Morgan fingerprint density at radius 1 is 1.38 bits per heavy atom. The van der Waals surface area contributed by atoms with Crippen molar-refractivity contribution < 1.29 is 4.39 Å². The largest absolute Gasteiger partial charge is 0.313 e. The number of thiazole rings is 1. The molecule has 1 N–H and O–H groups in total. The van der Waals surface area contributed by atoms with Crippen LogP contribution >= 0.6 is 27.3 Å². The Labute approximate surface area is 137 Å². The van der Waals surface area contributed by atoms with E-state index < -0.39 is 0 Å². The quantitative estimate of drug-likeness (QED) is 0.775. The minimum atomic E-state index is -0.188. The van der Waals surface area contributed by atoms with Gasteiger partial charge in [-0.2, -0.15) is 0 Å². The first kappa shape index (κ1) is 16.6. The molecule has 0 aliphatic carbocycles. The van der Waals surface area contributed by atoms with Crippen LogP contribution in [0.5, 0.6) is 0 Å². The van der Waals surface area contributed by atoms with E-state index in [0.29, 0.717) is 0 Å². The number of nitrogens with zero attached hydrogens (tertiary/aromatic N) is 1. The Hall–Kier alpha value is -0.780. The monoisotopic (exact) mass is 370 g/mol. The van der Waals surface area contributed by atoms with Gasteiger partial charge in [-0.1, -0.05) is 22.9 Å². The van der Waals surface area contributed by atoms with E-state index in [0.717, 1.165) is 46.5 Å². The highest BCUT2D eigenvalue weighted by Crippen LogP contribution is 2.21.